The topological polar surface area (TPSA) is 106 Å². The number of nitrogens with zero attached hydrogens (tertiary/aromatic N) is 1. The fraction of sp³-hybridized carbons (Fsp3) is 0.429. The molecule has 0 heterocycles. The highest BCUT2D eigenvalue weighted by molar-refractivity contribution is 5.91. The Kier molecular flexibility index (Phi) is 5.98. The van der Waals surface area contributed by atoms with E-state index in [-0.39, 0.29) is 30.6 Å². The van der Waals surface area contributed by atoms with Crippen LogP contribution in [-0.2, 0) is 9.53 Å². The number of oxime groups is 1. The van der Waals surface area contributed by atoms with Crippen LogP contribution in [0.15, 0.2) is 29.4 Å². The smallest absolute Gasteiger partial charge is 0.250 e. The van der Waals surface area contributed by atoms with Crippen molar-refractivity contribution in [1.82, 2.24) is 0 Å². The monoisotopic (exact) mass is 295 g/mol. The lowest BCUT2D eigenvalue weighted by atomic mass is 10.2. The first-order chi connectivity index (χ1) is 9.80. The quantitative estimate of drug-likeness (QED) is 0.319. The van der Waals surface area contributed by atoms with Crippen LogP contribution in [0.4, 0.5) is 5.69 Å². The number of hydrogen-bond donors (Lipinski definition) is 3. The molecule has 1 amide bonds. The highest BCUT2D eigenvalue weighted by atomic mass is 16.5. The molecule has 0 atom stereocenters. The summed E-state index contributed by atoms with van der Waals surface area (Å²) in [5, 5.41) is 13.9. The van der Waals surface area contributed by atoms with Gasteiger partial charge in [0.05, 0.1) is 5.60 Å². The highest BCUT2D eigenvalue weighted by Gasteiger charge is 2.13. The Hall–Kier alpha value is -2.28. The molecule has 0 fully saturated rings. The third-order valence-corrected chi connectivity index (χ3v) is 2.27. The van der Waals surface area contributed by atoms with Crippen LogP contribution in [0, 0.1) is 0 Å². The van der Waals surface area contributed by atoms with Gasteiger partial charge in [-0.3, -0.25) is 4.79 Å². The van der Waals surface area contributed by atoms with Gasteiger partial charge in [0.2, 0.25) is 5.91 Å². The van der Waals surface area contributed by atoms with E-state index in [0.29, 0.717) is 11.4 Å². The highest BCUT2D eigenvalue weighted by Crippen LogP contribution is 2.17. The Morgan fingerprint density at radius 3 is 2.71 bits per heavy atom. The number of nitrogens with two attached hydrogens (primary N) is 1. The molecule has 0 aliphatic heterocycles. The van der Waals surface area contributed by atoms with E-state index >= 15 is 0 Å². The Morgan fingerprint density at radius 2 is 2.10 bits per heavy atom. The summed E-state index contributed by atoms with van der Waals surface area (Å²) < 4.78 is 10.7. The summed E-state index contributed by atoms with van der Waals surface area (Å²) in [6.07, 6.45) is 0. The second-order valence-electron chi connectivity index (χ2n) is 5.36. The van der Waals surface area contributed by atoms with Crippen LogP contribution in [0.3, 0.4) is 0 Å². The normalized spacial score (nSPS) is 12.0. The lowest BCUT2D eigenvalue weighted by Crippen LogP contribution is -2.27. The van der Waals surface area contributed by atoms with Gasteiger partial charge in [0, 0.05) is 11.8 Å². The van der Waals surface area contributed by atoms with E-state index in [1.807, 2.05) is 20.8 Å². The molecule has 0 aliphatic carbocycles. The molecule has 0 saturated heterocycles. The van der Waals surface area contributed by atoms with Crippen molar-refractivity contribution in [3.05, 3.63) is 24.3 Å². The zero-order valence-corrected chi connectivity index (χ0v) is 12.4. The molecule has 0 bridgehead atoms. The third kappa shape index (κ3) is 7.17. The molecule has 116 valence electrons. The fourth-order valence-electron chi connectivity index (χ4n) is 1.33. The number of carbonyl (C=O) groups excluding carboxylic acids is 1. The number of nitrogens with one attached hydrogen (secondary N) is 1. The van der Waals surface area contributed by atoms with E-state index in [9.17, 15) is 4.79 Å². The molecule has 0 spiro atoms. The molecular formula is C14H21N3O4. The molecule has 1 aromatic carbocycles. The maximum Gasteiger partial charge on any atom is 0.250 e. The maximum absolute atomic E-state index is 11.7. The molecule has 1 aromatic rings. The molecule has 7 heteroatoms. The summed E-state index contributed by atoms with van der Waals surface area (Å²) in [5.41, 5.74) is 5.52. The van der Waals surface area contributed by atoms with E-state index in [4.69, 9.17) is 20.4 Å². The average molecular weight is 295 g/mol. The number of anilines is 1. The average Bonchev–Trinajstić information content (AvgIpc) is 2.42. The van der Waals surface area contributed by atoms with Crippen LogP contribution in [0.2, 0.25) is 0 Å². The van der Waals surface area contributed by atoms with Gasteiger partial charge in [-0.05, 0) is 32.9 Å². The zero-order chi connectivity index (χ0) is 15.9. The second kappa shape index (κ2) is 7.49. The summed E-state index contributed by atoms with van der Waals surface area (Å²) in [5.74, 6) is 0.206. The van der Waals surface area contributed by atoms with Crippen LogP contribution in [-0.4, -0.2) is 35.8 Å². The molecule has 0 aliphatic rings. The van der Waals surface area contributed by atoms with E-state index in [2.05, 4.69) is 10.5 Å². The number of ether oxygens (including phenoxy) is 2. The lowest BCUT2D eigenvalue weighted by molar-refractivity contribution is -0.125. The minimum atomic E-state index is -0.372. The molecule has 4 N–H and O–H groups in total. The third-order valence-electron chi connectivity index (χ3n) is 2.27. The molecule has 0 radical (unpaired) electrons. The number of rotatable bonds is 6. The largest absolute Gasteiger partial charge is 0.485 e. The van der Waals surface area contributed by atoms with E-state index < -0.39 is 0 Å². The van der Waals surface area contributed by atoms with Gasteiger partial charge in [-0.15, -0.1) is 0 Å². The summed E-state index contributed by atoms with van der Waals surface area (Å²) in [7, 11) is 0. The fourth-order valence-corrected chi connectivity index (χ4v) is 1.33. The molecule has 7 nitrogen and oxygen atoms in total. The predicted octanol–water partition coefficient (Wildman–Crippen LogP) is 1.57. The first-order valence-electron chi connectivity index (χ1n) is 6.43. The standard InChI is InChI=1S/C14H21N3O4/c1-14(2,3)21-9-13(18)16-10-5-4-6-11(7-10)20-8-12(15)17-19/h4-7,19H,8-9H2,1-3H3,(H2,15,17)(H,16,18). The van der Waals surface area contributed by atoms with Gasteiger partial charge < -0.3 is 25.7 Å². The van der Waals surface area contributed by atoms with Gasteiger partial charge in [-0.1, -0.05) is 11.2 Å². The molecule has 0 unspecified atom stereocenters. The number of hydrogen-bond acceptors (Lipinski definition) is 5. The van der Waals surface area contributed by atoms with Crippen LogP contribution in [0.1, 0.15) is 20.8 Å². The summed E-state index contributed by atoms with van der Waals surface area (Å²) >= 11 is 0. The Bertz CT molecular complexity index is 509. The Balaban J connectivity index is 2.54. The van der Waals surface area contributed by atoms with Gasteiger partial charge in [-0.2, -0.15) is 0 Å². The minimum Gasteiger partial charge on any atom is -0.485 e. The molecule has 0 saturated carbocycles. The van der Waals surface area contributed by atoms with E-state index in [1.165, 1.54) is 0 Å². The van der Waals surface area contributed by atoms with Crippen molar-refractivity contribution in [2.75, 3.05) is 18.5 Å². The molecule has 0 aromatic heterocycles. The van der Waals surface area contributed by atoms with Crippen molar-refractivity contribution in [3.63, 3.8) is 0 Å². The SMILES string of the molecule is CC(C)(C)OCC(=O)Nc1cccc(OC/C(N)=N/O)c1. The first kappa shape index (κ1) is 16.8. The van der Waals surface area contributed by atoms with Crippen molar-refractivity contribution in [2.24, 2.45) is 10.9 Å². The number of benzene rings is 1. The first-order valence-corrected chi connectivity index (χ1v) is 6.43. The summed E-state index contributed by atoms with van der Waals surface area (Å²) in [6, 6.07) is 6.79. The van der Waals surface area contributed by atoms with E-state index in [1.54, 1.807) is 24.3 Å². The van der Waals surface area contributed by atoms with Crippen LogP contribution in [0.5, 0.6) is 5.75 Å². The number of amides is 1. The maximum atomic E-state index is 11.7. The summed E-state index contributed by atoms with van der Waals surface area (Å²) in [6.45, 7) is 5.56. The van der Waals surface area contributed by atoms with Crippen molar-refractivity contribution in [3.8, 4) is 5.75 Å². The zero-order valence-electron chi connectivity index (χ0n) is 12.4. The van der Waals surface area contributed by atoms with Crippen molar-refractivity contribution < 1.29 is 19.5 Å². The van der Waals surface area contributed by atoms with Crippen LogP contribution in [0.25, 0.3) is 0 Å². The van der Waals surface area contributed by atoms with Crippen LogP contribution < -0.4 is 15.8 Å². The van der Waals surface area contributed by atoms with Gasteiger partial charge in [0.25, 0.3) is 0 Å². The molecule has 21 heavy (non-hydrogen) atoms. The van der Waals surface area contributed by atoms with Crippen molar-refractivity contribution >= 4 is 17.4 Å². The summed E-state index contributed by atoms with van der Waals surface area (Å²) in [4.78, 5) is 11.7. The minimum absolute atomic E-state index is 0.0291. The number of amidine groups is 1. The second-order valence-corrected chi connectivity index (χ2v) is 5.36. The predicted molar refractivity (Wildman–Crippen MR) is 79.7 cm³/mol. The van der Waals surface area contributed by atoms with Crippen molar-refractivity contribution in [1.29, 1.82) is 0 Å². The van der Waals surface area contributed by atoms with Gasteiger partial charge >= 0.3 is 0 Å². The molecular weight excluding hydrogens is 274 g/mol. The Labute approximate surface area is 123 Å². The van der Waals surface area contributed by atoms with E-state index in [0.717, 1.165) is 0 Å². The van der Waals surface area contributed by atoms with Gasteiger partial charge in [0.15, 0.2) is 5.84 Å². The van der Waals surface area contributed by atoms with Crippen molar-refractivity contribution in [2.45, 2.75) is 26.4 Å². The lowest BCUT2D eigenvalue weighted by Gasteiger charge is -2.19. The van der Waals surface area contributed by atoms with Gasteiger partial charge in [0.1, 0.15) is 19.0 Å². The van der Waals surface area contributed by atoms with Gasteiger partial charge in [-0.25, -0.2) is 0 Å². The van der Waals surface area contributed by atoms with Crippen LogP contribution >= 0.6 is 0 Å². The number of carbonyl (C=O) groups is 1. The Morgan fingerprint density at radius 1 is 1.38 bits per heavy atom. The molecule has 1 rings (SSSR count).